The molecular formula is C20H18O3P+. The predicted molar refractivity (Wildman–Crippen MR) is 98.3 cm³/mol. The van der Waals surface area contributed by atoms with Crippen LogP contribution in [0.25, 0.3) is 11.6 Å². The zero-order valence-electron chi connectivity index (χ0n) is 13.0. The molecule has 0 saturated heterocycles. The molecule has 0 spiro atoms. The third kappa shape index (κ3) is 5.90. The van der Waals surface area contributed by atoms with Crippen LogP contribution >= 0.6 is 8.25 Å². The van der Waals surface area contributed by atoms with Gasteiger partial charge in [-0.3, -0.25) is 0 Å². The van der Waals surface area contributed by atoms with Crippen molar-refractivity contribution in [3.63, 3.8) is 0 Å². The van der Waals surface area contributed by atoms with Gasteiger partial charge in [-0.2, -0.15) is 0 Å². The average Bonchev–Trinajstić information content (AvgIpc) is 2.62. The third-order valence-electron chi connectivity index (χ3n) is 3.28. The van der Waals surface area contributed by atoms with Gasteiger partial charge in [-0.05, 0) is 28.3 Å². The van der Waals surface area contributed by atoms with E-state index in [2.05, 4.69) is 91.0 Å². The van der Waals surface area contributed by atoms with Crippen molar-refractivity contribution in [1.29, 1.82) is 0 Å². The summed E-state index contributed by atoms with van der Waals surface area (Å²) in [5.74, 6) is 0. The maximum absolute atomic E-state index is 8.70. The van der Waals surface area contributed by atoms with Crippen LogP contribution in [-0.4, -0.2) is 9.79 Å². The van der Waals surface area contributed by atoms with E-state index in [1.165, 1.54) is 22.3 Å². The van der Waals surface area contributed by atoms with Gasteiger partial charge in [0.2, 0.25) is 0 Å². The topological polar surface area (TPSA) is 57.5 Å². The van der Waals surface area contributed by atoms with Gasteiger partial charge >= 0.3 is 8.25 Å². The fourth-order valence-corrected chi connectivity index (χ4v) is 2.28. The van der Waals surface area contributed by atoms with Gasteiger partial charge in [-0.1, -0.05) is 91.0 Å². The van der Waals surface area contributed by atoms with E-state index in [0.29, 0.717) is 0 Å². The zero-order valence-corrected chi connectivity index (χ0v) is 13.9. The summed E-state index contributed by atoms with van der Waals surface area (Å²) in [5.41, 5.74) is 4.94. The van der Waals surface area contributed by atoms with E-state index in [-0.39, 0.29) is 0 Å². The van der Waals surface area contributed by atoms with Gasteiger partial charge in [0, 0.05) is 4.57 Å². The van der Waals surface area contributed by atoms with Gasteiger partial charge in [0.15, 0.2) is 0 Å². The summed E-state index contributed by atoms with van der Waals surface area (Å²) in [6.45, 7) is 0. The zero-order chi connectivity index (χ0) is 17.2. The molecule has 0 aromatic heterocycles. The van der Waals surface area contributed by atoms with Crippen molar-refractivity contribution in [3.8, 4) is 0 Å². The summed E-state index contributed by atoms with van der Waals surface area (Å²) < 4.78 is 8.70. The lowest BCUT2D eigenvalue weighted by Crippen LogP contribution is -1.87. The highest BCUT2D eigenvalue weighted by Crippen LogP contribution is 2.25. The van der Waals surface area contributed by atoms with Crippen LogP contribution in [0, 0.1) is 0 Å². The summed E-state index contributed by atoms with van der Waals surface area (Å²) >= 11 is 0. The van der Waals surface area contributed by atoms with Crippen molar-refractivity contribution < 1.29 is 14.4 Å². The number of hydrogen-bond acceptors (Lipinski definition) is 1. The average molecular weight is 337 g/mol. The van der Waals surface area contributed by atoms with E-state index < -0.39 is 8.25 Å². The summed E-state index contributed by atoms with van der Waals surface area (Å²) in [5, 5.41) is 0. The third-order valence-corrected chi connectivity index (χ3v) is 3.28. The van der Waals surface area contributed by atoms with Crippen molar-refractivity contribution in [3.05, 3.63) is 108 Å². The summed E-state index contributed by atoms with van der Waals surface area (Å²) in [7, 11) is -2.87. The molecule has 24 heavy (non-hydrogen) atoms. The normalized spacial score (nSPS) is 9.42. The molecule has 3 rings (SSSR count). The molecular weight excluding hydrogens is 319 g/mol. The molecule has 0 bridgehead atoms. The fraction of sp³-hybridized carbons (Fsp3) is 0. The molecule has 0 radical (unpaired) electrons. The molecule has 0 aliphatic carbocycles. The van der Waals surface area contributed by atoms with Crippen LogP contribution < -0.4 is 0 Å². The highest BCUT2D eigenvalue weighted by atomic mass is 31.1. The highest BCUT2D eigenvalue weighted by Gasteiger charge is 2.04. The quantitative estimate of drug-likeness (QED) is 0.528. The molecule has 0 heterocycles. The molecule has 3 aromatic rings. The lowest BCUT2D eigenvalue weighted by Gasteiger charge is -2.08. The maximum Gasteiger partial charge on any atom is 0.692 e. The van der Waals surface area contributed by atoms with Crippen LogP contribution in [0.4, 0.5) is 0 Å². The monoisotopic (exact) mass is 337 g/mol. The molecule has 120 valence electrons. The van der Waals surface area contributed by atoms with Gasteiger partial charge < -0.3 is 0 Å². The van der Waals surface area contributed by atoms with Crippen LogP contribution in [-0.2, 0) is 4.57 Å². The second-order valence-electron chi connectivity index (χ2n) is 4.95. The van der Waals surface area contributed by atoms with Crippen LogP contribution in [0.5, 0.6) is 0 Å². The second kappa shape index (κ2) is 9.53. The molecule has 0 aliphatic heterocycles. The van der Waals surface area contributed by atoms with Gasteiger partial charge in [-0.15, -0.1) is 9.79 Å². The Morgan fingerprint density at radius 1 is 0.667 bits per heavy atom. The van der Waals surface area contributed by atoms with Crippen LogP contribution in [0.15, 0.2) is 91.0 Å². The molecule has 0 aliphatic rings. The largest absolute Gasteiger partial charge is 0.692 e. The number of hydrogen-bond donors (Lipinski definition) is 2. The molecule has 0 saturated carbocycles. The van der Waals surface area contributed by atoms with E-state index in [4.69, 9.17) is 14.4 Å². The van der Waals surface area contributed by atoms with Gasteiger partial charge in [0.25, 0.3) is 0 Å². The summed E-state index contributed by atoms with van der Waals surface area (Å²) in [6.07, 6.45) is 2.24. The predicted octanol–water partition coefficient (Wildman–Crippen LogP) is 4.90. The first-order valence-corrected chi connectivity index (χ1v) is 8.56. The molecule has 0 atom stereocenters. The molecule has 4 heteroatoms. The van der Waals surface area contributed by atoms with Crippen LogP contribution in [0.1, 0.15) is 16.7 Å². The Morgan fingerprint density at radius 2 is 1.00 bits per heavy atom. The lowest BCUT2D eigenvalue weighted by atomic mass is 9.96. The number of benzene rings is 3. The Balaban J connectivity index is 0.000000471. The Labute approximate surface area is 142 Å². The van der Waals surface area contributed by atoms with Crippen molar-refractivity contribution in [1.82, 2.24) is 0 Å². The Bertz CT molecular complexity index is 739. The van der Waals surface area contributed by atoms with Crippen LogP contribution in [0.2, 0.25) is 0 Å². The molecule has 3 aromatic carbocycles. The number of rotatable bonds is 3. The smallest absolute Gasteiger partial charge is 0.134 e. The van der Waals surface area contributed by atoms with E-state index in [1.807, 2.05) is 6.07 Å². The second-order valence-corrected chi connectivity index (χ2v) is 5.46. The van der Waals surface area contributed by atoms with Crippen molar-refractivity contribution in [2.75, 3.05) is 0 Å². The Morgan fingerprint density at radius 3 is 1.38 bits per heavy atom. The minimum atomic E-state index is -2.87. The molecule has 3 nitrogen and oxygen atoms in total. The van der Waals surface area contributed by atoms with E-state index in [9.17, 15) is 0 Å². The maximum atomic E-state index is 8.70. The fourth-order valence-electron chi connectivity index (χ4n) is 2.28. The van der Waals surface area contributed by atoms with E-state index >= 15 is 0 Å². The molecule has 0 unspecified atom stereocenters. The summed E-state index contributed by atoms with van der Waals surface area (Å²) in [6, 6.07) is 31.5. The summed E-state index contributed by atoms with van der Waals surface area (Å²) in [4.78, 5) is 14.2. The first kappa shape index (κ1) is 17.8. The SMILES string of the molecule is C(=C(c1ccccc1)c1ccccc1)c1ccccc1.O=[P+](O)O. The minimum Gasteiger partial charge on any atom is -0.134 e. The molecule has 0 amide bonds. The molecule has 2 N–H and O–H groups in total. The Kier molecular flexibility index (Phi) is 7.06. The first-order chi connectivity index (χ1) is 11.7. The van der Waals surface area contributed by atoms with Crippen LogP contribution in [0.3, 0.4) is 0 Å². The standard InChI is InChI=1S/C20H16.HO3P/c1-4-10-17(11-5-1)16-20(18-12-6-2-7-13-18)19-14-8-3-9-15-19;1-4(2)3/h1-16H;(H-,1,2,3)/p+1. The van der Waals surface area contributed by atoms with Gasteiger partial charge in [-0.25, -0.2) is 0 Å². The molecule has 0 fully saturated rings. The van der Waals surface area contributed by atoms with Crippen molar-refractivity contribution in [2.24, 2.45) is 0 Å². The van der Waals surface area contributed by atoms with Crippen molar-refractivity contribution >= 4 is 19.9 Å². The van der Waals surface area contributed by atoms with Crippen molar-refractivity contribution in [2.45, 2.75) is 0 Å². The highest BCUT2D eigenvalue weighted by molar-refractivity contribution is 7.30. The van der Waals surface area contributed by atoms with E-state index in [0.717, 1.165) is 0 Å². The first-order valence-electron chi connectivity index (χ1n) is 7.39. The van der Waals surface area contributed by atoms with Gasteiger partial charge in [0.1, 0.15) is 0 Å². The minimum absolute atomic E-state index is 1.22. The Hall–Kier alpha value is -2.58. The van der Waals surface area contributed by atoms with Gasteiger partial charge in [0.05, 0.1) is 0 Å². The van der Waals surface area contributed by atoms with E-state index in [1.54, 1.807) is 0 Å². The lowest BCUT2D eigenvalue weighted by molar-refractivity contribution is 0.405.